The standard InChI is InChI=1S/C20H23NO4S/c1-15(2)25-20-11-6-5-8-16(20)12-13-19(22)17-9-7-10-18(14-17)26(23,24)21(3)4/h5-15H,1-4H3/b13-12+. The molecule has 138 valence electrons. The molecule has 0 N–H and O–H groups in total. The molecule has 2 aromatic rings. The van der Waals surface area contributed by atoms with E-state index < -0.39 is 10.0 Å². The highest BCUT2D eigenvalue weighted by Gasteiger charge is 2.18. The van der Waals surface area contributed by atoms with Gasteiger partial charge in [-0.2, -0.15) is 0 Å². The first-order valence-corrected chi connectivity index (χ1v) is 9.66. The molecule has 2 aromatic carbocycles. The average Bonchev–Trinajstić information content (AvgIpc) is 2.60. The van der Waals surface area contributed by atoms with Gasteiger partial charge in [-0.1, -0.05) is 30.3 Å². The summed E-state index contributed by atoms with van der Waals surface area (Å²) in [5.41, 5.74) is 1.10. The number of hydrogen-bond donors (Lipinski definition) is 0. The number of carbonyl (C=O) groups is 1. The van der Waals surface area contributed by atoms with Gasteiger partial charge >= 0.3 is 0 Å². The molecule has 0 spiro atoms. The fraction of sp³-hybridized carbons (Fsp3) is 0.250. The second kappa shape index (κ2) is 8.29. The van der Waals surface area contributed by atoms with E-state index in [0.717, 1.165) is 9.87 Å². The highest BCUT2D eigenvalue weighted by atomic mass is 32.2. The van der Waals surface area contributed by atoms with Gasteiger partial charge in [0.1, 0.15) is 5.75 Å². The SMILES string of the molecule is CC(C)Oc1ccccc1/C=C/C(=O)c1cccc(S(=O)(=O)N(C)C)c1. The third kappa shape index (κ3) is 4.80. The van der Waals surface area contributed by atoms with Crippen LogP contribution in [0, 0.1) is 0 Å². The molecule has 0 saturated heterocycles. The number of sulfonamides is 1. The van der Waals surface area contributed by atoms with Crippen molar-refractivity contribution in [2.45, 2.75) is 24.8 Å². The quantitative estimate of drug-likeness (QED) is 0.549. The zero-order valence-corrected chi connectivity index (χ0v) is 16.2. The van der Waals surface area contributed by atoms with Crippen LogP contribution in [0.1, 0.15) is 29.8 Å². The summed E-state index contributed by atoms with van der Waals surface area (Å²) < 4.78 is 31.3. The molecule has 0 aliphatic carbocycles. The summed E-state index contributed by atoms with van der Waals surface area (Å²) in [7, 11) is -0.676. The summed E-state index contributed by atoms with van der Waals surface area (Å²) in [6, 6.07) is 13.4. The van der Waals surface area contributed by atoms with Gasteiger partial charge in [-0.3, -0.25) is 4.79 Å². The van der Waals surface area contributed by atoms with Crippen molar-refractivity contribution in [2.24, 2.45) is 0 Å². The van der Waals surface area contributed by atoms with Crippen LogP contribution in [0.2, 0.25) is 0 Å². The van der Waals surface area contributed by atoms with Gasteiger partial charge in [0.15, 0.2) is 5.78 Å². The third-order valence-corrected chi connectivity index (χ3v) is 5.40. The Morgan fingerprint density at radius 3 is 2.42 bits per heavy atom. The molecule has 0 bridgehead atoms. The Morgan fingerprint density at radius 2 is 1.77 bits per heavy atom. The summed E-state index contributed by atoms with van der Waals surface area (Å²) in [5, 5.41) is 0. The number of allylic oxidation sites excluding steroid dienone is 1. The van der Waals surface area contributed by atoms with Crippen LogP contribution in [0.4, 0.5) is 0 Å². The smallest absolute Gasteiger partial charge is 0.242 e. The summed E-state index contributed by atoms with van der Waals surface area (Å²) in [5.74, 6) is 0.413. The predicted octanol–water partition coefficient (Wildman–Crippen LogP) is 3.62. The molecule has 6 heteroatoms. The van der Waals surface area contributed by atoms with Crippen LogP contribution in [0.3, 0.4) is 0 Å². The van der Waals surface area contributed by atoms with Crippen LogP contribution in [0.5, 0.6) is 5.75 Å². The molecule has 0 atom stereocenters. The average molecular weight is 373 g/mol. The van der Waals surface area contributed by atoms with Crippen molar-refractivity contribution < 1.29 is 17.9 Å². The van der Waals surface area contributed by atoms with E-state index >= 15 is 0 Å². The van der Waals surface area contributed by atoms with E-state index in [1.165, 1.54) is 32.3 Å². The van der Waals surface area contributed by atoms with Crippen LogP contribution >= 0.6 is 0 Å². The maximum Gasteiger partial charge on any atom is 0.242 e. The monoisotopic (exact) mass is 373 g/mol. The molecule has 2 rings (SSSR count). The second-order valence-electron chi connectivity index (χ2n) is 6.22. The Hall–Kier alpha value is -2.44. The maximum absolute atomic E-state index is 12.5. The molecule has 0 aliphatic heterocycles. The summed E-state index contributed by atoms with van der Waals surface area (Å²) in [6.45, 7) is 3.87. The van der Waals surface area contributed by atoms with Crippen LogP contribution in [-0.2, 0) is 10.0 Å². The summed E-state index contributed by atoms with van der Waals surface area (Å²) in [6.07, 6.45) is 3.12. The first-order chi connectivity index (χ1) is 12.2. The lowest BCUT2D eigenvalue weighted by molar-refractivity contribution is 0.104. The largest absolute Gasteiger partial charge is 0.490 e. The topological polar surface area (TPSA) is 63.7 Å². The first-order valence-electron chi connectivity index (χ1n) is 8.22. The van der Waals surface area contributed by atoms with Gasteiger partial charge in [0.25, 0.3) is 0 Å². The highest BCUT2D eigenvalue weighted by molar-refractivity contribution is 7.89. The molecule has 0 unspecified atom stereocenters. The zero-order valence-electron chi connectivity index (χ0n) is 15.3. The van der Waals surface area contributed by atoms with Gasteiger partial charge in [0, 0.05) is 25.2 Å². The minimum absolute atomic E-state index is 0.0215. The van der Waals surface area contributed by atoms with E-state index in [-0.39, 0.29) is 16.8 Å². The number of nitrogens with zero attached hydrogens (tertiary/aromatic N) is 1. The van der Waals surface area contributed by atoms with Crippen molar-refractivity contribution >= 4 is 21.9 Å². The molecular weight excluding hydrogens is 350 g/mol. The van der Waals surface area contributed by atoms with Gasteiger partial charge in [-0.05, 0) is 44.2 Å². The van der Waals surface area contributed by atoms with Gasteiger partial charge in [0.2, 0.25) is 10.0 Å². The lowest BCUT2D eigenvalue weighted by atomic mass is 10.1. The molecule has 0 saturated carbocycles. The highest BCUT2D eigenvalue weighted by Crippen LogP contribution is 2.21. The van der Waals surface area contributed by atoms with Crippen molar-refractivity contribution in [2.75, 3.05) is 14.1 Å². The van der Waals surface area contributed by atoms with Gasteiger partial charge < -0.3 is 4.74 Å². The number of hydrogen-bond acceptors (Lipinski definition) is 4. The Morgan fingerprint density at radius 1 is 1.08 bits per heavy atom. The number of benzene rings is 2. The second-order valence-corrected chi connectivity index (χ2v) is 8.37. The lowest BCUT2D eigenvalue weighted by Crippen LogP contribution is -2.22. The molecule has 0 aliphatic rings. The van der Waals surface area contributed by atoms with Crippen molar-refractivity contribution in [3.8, 4) is 5.75 Å². The Balaban J connectivity index is 2.28. The number of carbonyl (C=O) groups excluding carboxylic acids is 1. The van der Waals surface area contributed by atoms with E-state index in [0.29, 0.717) is 11.3 Å². The predicted molar refractivity (Wildman–Crippen MR) is 103 cm³/mol. The summed E-state index contributed by atoms with van der Waals surface area (Å²) in [4.78, 5) is 12.6. The molecule has 0 amide bonds. The van der Waals surface area contributed by atoms with Crippen LogP contribution in [-0.4, -0.2) is 38.7 Å². The van der Waals surface area contributed by atoms with Crippen molar-refractivity contribution in [1.29, 1.82) is 0 Å². The third-order valence-electron chi connectivity index (χ3n) is 3.59. The Bertz CT molecular complexity index is 915. The van der Waals surface area contributed by atoms with Crippen molar-refractivity contribution in [3.05, 3.63) is 65.7 Å². The van der Waals surface area contributed by atoms with Gasteiger partial charge in [0.05, 0.1) is 11.0 Å². The first kappa shape index (κ1) is 19.9. The zero-order chi connectivity index (χ0) is 19.3. The van der Waals surface area contributed by atoms with Crippen LogP contribution in [0.25, 0.3) is 6.08 Å². The maximum atomic E-state index is 12.5. The minimum Gasteiger partial charge on any atom is -0.490 e. The fourth-order valence-corrected chi connectivity index (χ4v) is 3.21. The molecule has 26 heavy (non-hydrogen) atoms. The number of ether oxygens (including phenoxy) is 1. The van der Waals surface area contributed by atoms with E-state index in [1.54, 1.807) is 18.2 Å². The number of rotatable bonds is 7. The molecule has 0 fully saturated rings. The van der Waals surface area contributed by atoms with E-state index in [1.807, 2.05) is 38.1 Å². The fourth-order valence-electron chi connectivity index (χ4n) is 2.26. The van der Waals surface area contributed by atoms with Crippen LogP contribution < -0.4 is 4.74 Å². The number of ketones is 1. The minimum atomic E-state index is -3.58. The molecule has 5 nitrogen and oxygen atoms in total. The normalized spacial score (nSPS) is 12.1. The Kier molecular flexibility index (Phi) is 6.34. The van der Waals surface area contributed by atoms with E-state index in [4.69, 9.17) is 4.74 Å². The molecule has 0 radical (unpaired) electrons. The van der Waals surface area contributed by atoms with Gasteiger partial charge in [-0.25, -0.2) is 12.7 Å². The van der Waals surface area contributed by atoms with Gasteiger partial charge in [-0.15, -0.1) is 0 Å². The van der Waals surface area contributed by atoms with E-state index in [2.05, 4.69) is 0 Å². The summed E-state index contributed by atoms with van der Waals surface area (Å²) >= 11 is 0. The Labute approximate surface area is 155 Å². The number of para-hydroxylation sites is 1. The van der Waals surface area contributed by atoms with Crippen LogP contribution in [0.15, 0.2) is 59.5 Å². The van der Waals surface area contributed by atoms with Crippen molar-refractivity contribution in [1.82, 2.24) is 4.31 Å². The molecule has 0 aromatic heterocycles. The van der Waals surface area contributed by atoms with E-state index in [9.17, 15) is 13.2 Å². The lowest BCUT2D eigenvalue weighted by Gasteiger charge is -2.12. The molecular formula is C20H23NO4S. The molecule has 0 heterocycles. The van der Waals surface area contributed by atoms with Crippen molar-refractivity contribution in [3.63, 3.8) is 0 Å².